The minimum absolute atomic E-state index is 0.0185. The fraction of sp³-hybridized carbons (Fsp3) is 0.424. The SMILES string of the molecule is C[C@H](NC(=O)[C@@H](N)CO)C(=O)N[C@@H](Cc1ccccc1)C(=O)N[C@@H](CCCN=C(N)N)C(=O)N[C@@H](Cc1cnc[nH]1)C(=O)N[C@@H](Cc1cnc[nH]1)C(=O)O. The van der Waals surface area contributed by atoms with E-state index in [0.29, 0.717) is 17.0 Å². The van der Waals surface area contributed by atoms with Crippen LogP contribution in [-0.2, 0) is 48.0 Å². The van der Waals surface area contributed by atoms with Gasteiger partial charge in [-0.2, -0.15) is 0 Å². The van der Waals surface area contributed by atoms with E-state index in [1.165, 1.54) is 32.0 Å². The summed E-state index contributed by atoms with van der Waals surface area (Å²) in [5.41, 5.74) is 18.0. The number of benzene rings is 1. The Labute approximate surface area is 309 Å². The van der Waals surface area contributed by atoms with Crippen LogP contribution >= 0.6 is 0 Å². The van der Waals surface area contributed by atoms with E-state index in [2.05, 4.69) is 51.5 Å². The molecule has 0 spiro atoms. The molecule has 0 saturated heterocycles. The fourth-order valence-electron chi connectivity index (χ4n) is 5.06. The smallest absolute Gasteiger partial charge is 0.326 e. The van der Waals surface area contributed by atoms with Gasteiger partial charge in [0.25, 0.3) is 0 Å². The van der Waals surface area contributed by atoms with Crippen molar-refractivity contribution in [3.8, 4) is 0 Å². The van der Waals surface area contributed by atoms with Crippen LogP contribution in [0.4, 0.5) is 0 Å². The molecule has 54 heavy (non-hydrogen) atoms. The standard InChI is InChI=1S/C33H47N13O8/c1-18(42-28(49)22(34)15-47)27(48)44-24(10-19-6-3-2-4-7-19)30(51)43-23(8-5-9-39-33(35)36)29(50)45-25(11-20-13-37-16-40-20)31(52)46-26(32(53)54)12-21-14-38-17-41-21/h2-4,6-7,13-14,16-18,22-26,47H,5,8-12,15,34H2,1H3,(H,37,40)(H,38,41)(H,42,49)(H,43,51)(H,44,48)(H,45,50)(H,46,52)(H,53,54)(H4,35,36,39)/t18-,22-,23-,24-,25-,26-/m0/s1. The number of imidazole rings is 2. The van der Waals surface area contributed by atoms with Crippen molar-refractivity contribution in [3.05, 3.63) is 72.3 Å². The van der Waals surface area contributed by atoms with E-state index in [9.17, 15) is 39.0 Å². The molecule has 6 atom stereocenters. The third-order valence-corrected chi connectivity index (χ3v) is 7.98. The molecule has 0 radical (unpaired) electrons. The molecule has 0 unspecified atom stereocenters. The number of carboxylic acids is 1. The molecule has 0 aliphatic heterocycles. The molecule has 0 fully saturated rings. The van der Waals surface area contributed by atoms with E-state index in [4.69, 9.17) is 17.2 Å². The first-order valence-electron chi connectivity index (χ1n) is 16.9. The van der Waals surface area contributed by atoms with E-state index in [1.807, 2.05) is 0 Å². The Morgan fingerprint density at radius 2 is 1.26 bits per heavy atom. The lowest BCUT2D eigenvalue weighted by molar-refractivity contribution is -0.142. The number of nitrogens with two attached hydrogens (primary N) is 3. The Balaban J connectivity index is 1.86. The maximum Gasteiger partial charge on any atom is 0.326 e. The molecule has 3 aromatic rings. The van der Waals surface area contributed by atoms with Crippen molar-refractivity contribution in [3.63, 3.8) is 0 Å². The zero-order valence-corrected chi connectivity index (χ0v) is 29.5. The Morgan fingerprint density at radius 1 is 0.741 bits per heavy atom. The zero-order chi connectivity index (χ0) is 39.6. The summed E-state index contributed by atoms with van der Waals surface area (Å²) in [6, 6.07) is 0.968. The molecule has 0 aliphatic carbocycles. The van der Waals surface area contributed by atoms with Gasteiger partial charge in [-0.25, -0.2) is 14.8 Å². The number of aliphatic imine (C=N–C) groups is 1. The third-order valence-electron chi connectivity index (χ3n) is 7.98. The van der Waals surface area contributed by atoms with Crippen molar-refractivity contribution in [2.24, 2.45) is 22.2 Å². The molecule has 292 valence electrons. The summed E-state index contributed by atoms with van der Waals surface area (Å²) in [6.45, 7) is 0.802. The Bertz CT molecular complexity index is 1700. The number of nitrogens with one attached hydrogen (secondary N) is 7. The molecule has 5 amide bonds. The minimum Gasteiger partial charge on any atom is -0.480 e. The molecule has 0 saturated carbocycles. The summed E-state index contributed by atoms with van der Waals surface area (Å²) < 4.78 is 0. The number of carbonyl (C=O) groups is 6. The van der Waals surface area contributed by atoms with Crippen molar-refractivity contribution in [2.75, 3.05) is 13.2 Å². The summed E-state index contributed by atoms with van der Waals surface area (Å²) in [4.78, 5) is 96.2. The summed E-state index contributed by atoms with van der Waals surface area (Å²) >= 11 is 0. The normalized spacial score (nSPS) is 14.2. The first-order valence-corrected chi connectivity index (χ1v) is 16.9. The molecule has 15 N–H and O–H groups in total. The number of carboxylic acid groups (broad SMARTS) is 1. The van der Waals surface area contributed by atoms with Gasteiger partial charge in [-0.05, 0) is 25.3 Å². The molecule has 21 heteroatoms. The van der Waals surface area contributed by atoms with Gasteiger partial charge in [0.05, 0.1) is 19.3 Å². The maximum atomic E-state index is 13.9. The highest BCUT2D eigenvalue weighted by molar-refractivity contribution is 5.96. The topological polar surface area (TPSA) is 351 Å². The molecule has 2 heterocycles. The number of aliphatic carboxylic acids is 1. The second-order valence-electron chi connectivity index (χ2n) is 12.3. The number of amides is 5. The van der Waals surface area contributed by atoms with Gasteiger partial charge in [-0.1, -0.05) is 30.3 Å². The average molecular weight is 754 g/mol. The Kier molecular flexibility index (Phi) is 16.5. The van der Waals surface area contributed by atoms with Gasteiger partial charge in [-0.3, -0.25) is 29.0 Å². The maximum absolute atomic E-state index is 13.9. The first kappa shape index (κ1) is 42.1. The van der Waals surface area contributed by atoms with Crippen LogP contribution in [0, 0.1) is 0 Å². The predicted octanol–water partition coefficient (Wildman–Crippen LogP) is -3.94. The molecule has 1 aromatic carbocycles. The number of hydrogen-bond acceptors (Lipinski definition) is 11. The van der Waals surface area contributed by atoms with Crippen molar-refractivity contribution in [1.82, 2.24) is 46.5 Å². The Hall–Kier alpha value is -6.35. The molecular weight excluding hydrogens is 706 g/mol. The molecule has 0 aliphatic rings. The van der Waals surface area contributed by atoms with Crippen LogP contribution in [-0.4, -0.2) is 121 Å². The molecular formula is C33H47N13O8. The van der Waals surface area contributed by atoms with Crippen LogP contribution in [0.25, 0.3) is 0 Å². The number of aliphatic hydroxyl groups excluding tert-OH is 1. The number of nitrogens with zero attached hydrogens (tertiary/aromatic N) is 3. The van der Waals surface area contributed by atoms with Gasteiger partial charge in [0.1, 0.15) is 36.3 Å². The number of rotatable bonds is 22. The van der Waals surface area contributed by atoms with E-state index in [1.54, 1.807) is 30.3 Å². The lowest BCUT2D eigenvalue weighted by atomic mass is 10.0. The summed E-state index contributed by atoms with van der Waals surface area (Å²) in [5.74, 6) is -5.47. The summed E-state index contributed by atoms with van der Waals surface area (Å²) in [7, 11) is 0. The van der Waals surface area contributed by atoms with Crippen LogP contribution in [0.1, 0.15) is 36.7 Å². The van der Waals surface area contributed by atoms with Crippen molar-refractivity contribution < 1.29 is 39.0 Å². The predicted molar refractivity (Wildman–Crippen MR) is 193 cm³/mol. The highest BCUT2D eigenvalue weighted by Crippen LogP contribution is 2.09. The number of hydrogen-bond donors (Lipinski definition) is 12. The largest absolute Gasteiger partial charge is 0.480 e. The zero-order valence-electron chi connectivity index (χ0n) is 29.5. The summed E-state index contributed by atoms with van der Waals surface area (Å²) in [6.07, 6.45) is 5.48. The van der Waals surface area contributed by atoms with Crippen molar-refractivity contribution >= 4 is 41.5 Å². The van der Waals surface area contributed by atoms with Gasteiger partial charge in [0.2, 0.25) is 29.5 Å². The van der Waals surface area contributed by atoms with Gasteiger partial charge in [0.15, 0.2) is 5.96 Å². The van der Waals surface area contributed by atoms with Gasteiger partial charge in [-0.15, -0.1) is 0 Å². The number of guanidine groups is 1. The number of aromatic nitrogens is 4. The number of H-pyrrole nitrogens is 2. The summed E-state index contributed by atoms with van der Waals surface area (Å²) in [5, 5.41) is 31.7. The fourth-order valence-corrected chi connectivity index (χ4v) is 5.06. The van der Waals surface area contributed by atoms with E-state index < -0.39 is 78.4 Å². The quantitative estimate of drug-likeness (QED) is 0.0265. The van der Waals surface area contributed by atoms with Crippen molar-refractivity contribution in [1.29, 1.82) is 0 Å². The Morgan fingerprint density at radius 3 is 1.80 bits per heavy atom. The minimum atomic E-state index is -1.39. The highest BCUT2D eigenvalue weighted by Gasteiger charge is 2.33. The van der Waals surface area contributed by atoms with E-state index >= 15 is 0 Å². The molecule has 3 rings (SSSR count). The third kappa shape index (κ3) is 14.0. The van der Waals surface area contributed by atoms with Crippen LogP contribution in [0.5, 0.6) is 0 Å². The molecule has 21 nitrogen and oxygen atoms in total. The van der Waals surface area contributed by atoms with Gasteiger partial charge < -0.3 is 64.0 Å². The van der Waals surface area contributed by atoms with Crippen LogP contribution in [0.2, 0.25) is 0 Å². The molecule has 0 bridgehead atoms. The van der Waals surface area contributed by atoms with Gasteiger partial charge in [0, 0.05) is 49.6 Å². The highest BCUT2D eigenvalue weighted by atomic mass is 16.4. The number of carbonyl (C=O) groups excluding carboxylic acids is 5. The first-order chi connectivity index (χ1) is 25.8. The average Bonchev–Trinajstić information content (AvgIpc) is 3.86. The van der Waals surface area contributed by atoms with Crippen molar-refractivity contribution in [2.45, 2.75) is 75.3 Å². The van der Waals surface area contributed by atoms with Gasteiger partial charge >= 0.3 is 5.97 Å². The lowest BCUT2D eigenvalue weighted by Crippen LogP contribution is -2.59. The lowest BCUT2D eigenvalue weighted by Gasteiger charge is -2.26. The van der Waals surface area contributed by atoms with Crippen LogP contribution in [0.15, 0.2) is 60.4 Å². The second kappa shape index (κ2) is 21.2. The van der Waals surface area contributed by atoms with E-state index in [0.717, 1.165) is 0 Å². The monoisotopic (exact) mass is 753 g/mol. The van der Waals surface area contributed by atoms with Crippen LogP contribution in [0.3, 0.4) is 0 Å². The van der Waals surface area contributed by atoms with E-state index in [-0.39, 0.29) is 44.6 Å². The molecule has 2 aromatic heterocycles. The number of aliphatic hydroxyl groups is 1. The van der Waals surface area contributed by atoms with Crippen LogP contribution < -0.4 is 43.8 Å². The number of aromatic amines is 2. The second-order valence-corrected chi connectivity index (χ2v) is 12.3.